The lowest BCUT2D eigenvalue weighted by Gasteiger charge is -2.34. The van der Waals surface area contributed by atoms with E-state index >= 15 is 0 Å². The maximum Gasteiger partial charge on any atom is 0.313 e. The molecule has 0 aromatic heterocycles. The van der Waals surface area contributed by atoms with E-state index < -0.39 is 0 Å². The van der Waals surface area contributed by atoms with Crippen molar-refractivity contribution in [2.24, 2.45) is 11.8 Å². The summed E-state index contributed by atoms with van der Waals surface area (Å²) in [4.78, 5) is 24.0. The molecule has 0 bridgehead atoms. The summed E-state index contributed by atoms with van der Waals surface area (Å²) >= 11 is 0. The van der Waals surface area contributed by atoms with Crippen LogP contribution in [0.2, 0.25) is 0 Å². The molecule has 5 heteroatoms. The molecule has 0 saturated heterocycles. The van der Waals surface area contributed by atoms with Crippen LogP contribution in [0.15, 0.2) is 18.2 Å². The average Bonchev–Trinajstić information content (AvgIpc) is 2.55. The van der Waals surface area contributed by atoms with E-state index in [-0.39, 0.29) is 35.9 Å². The van der Waals surface area contributed by atoms with Gasteiger partial charge in [0, 0.05) is 17.2 Å². The van der Waals surface area contributed by atoms with Crippen LogP contribution in [0.3, 0.4) is 0 Å². The van der Waals surface area contributed by atoms with Crippen LogP contribution >= 0.6 is 0 Å². The first-order chi connectivity index (χ1) is 11.3. The van der Waals surface area contributed by atoms with E-state index in [0.29, 0.717) is 5.75 Å². The Hall–Kier alpha value is -1.88. The molecule has 0 heterocycles. The highest BCUT2D eigenvalue weighted by molar-refractivity contribution is 5.75. The predicted octanol–water partition coefficient (Wildman–Crippen LogP) is 3.02. The number of esters is 2. The summed E-state index contributed by atoms with van der Waals surface area (Å²) in [6.45, 7) is 7.26. The summed E-state index contributed by atoms with van der Waals surface area (Å²) in [5.74, 6) is -0.280. The Bertz CT molecular complexity index is 609. The number of hydrogen-bond donors (Lipinski definition) is 1. The molecule has 2 unspecified atom stereocenters. The van der Waals surface area contributed by atoms with Gasteiger partial charge in [0.2, 0.25) is 0 Å². The van der Waals surface area contributed by atoms with Gasteiger partial charge in [-0.25, -0.2) is 0 Å². The third-order valence-electron chi connectivity index (χ3n) is 4.31. The van der Waals surface area contributed by atoms with Crippen molar-refractivity contribution in [1.29, 1.82) is 0 Å². The number of nitrogens with one attached hydrogen (secondary N) is 1. The number of rotatable bonds is 5. The largest absolute Gasteiger partial charge is 0.456 e. The smallest absolute Gasteiger partial charge is 0.313 e. The minimum absolute atomic E-state index is 0.0521. The number of likely N-dealkylation sites (N-methyl/N-ethyl adjacent to an activating group) is 1. The van der Waals surface area contributed by atoms with Gasteiger partial charge in [0.15, 0.2) is 0 Å². The zero-order valence-electron chi connectivity index (χ0n) is 15.1. The number of carbonyl (C=O) groups excluding carboxylic acids is 2. The van der Waals surface area contributed by atoms with E-state index in [0.717, 1.165) is 24.0 Å². The van der Waals surface area contributed by atoms with Crippen LogP contribution in [-0.4, -0.2) is 25.0 Å². The summed E-state index contributed by atoms with van der Waals surface area (Å²) in [7, 11) is 1.87. The third-order valence-corrected chi connectivity index (χ3v) is 4.31. The fourth-order valence-corrected chi connectivity index (χ4v) is 2.81. The summed E-state index contributed by atoms with van der Waals surface area (Å²) < 4.78 is 11.3. The molecule has 24 heavy (non-hydrogen) atoms. The number of hydrogen-bond acceptors (Lipinski definition) is 5. The molecule has 0 aliphatic heterocycles. The van der Waals surface area contributed by atoms with Crippen molar-refractivity contribution in [2.75, 3.05) is 7.05 Å². The second kappa shape index (κ2) is 7.79. The van der Waals surface area contributed by atoms with Crippen molar-refractivity contribution in [1.82, 2.24) is 5.32 Å². The van der Waals surface area contributed by atoms with Gasteiger partial charge in [-0.3, -0.25) is 9.59 Å². The van der Waals surface area contributed by atoms with Gasteiger partial charge in [0.05, 0.1) is 11.8 Å². The molecule has 5 nitrogen and oxygen atoms in total. The Kier molecular flexibility index (Phi) is 5.99. The van der Waals surface area contributed by atoms with Gasteiger partial charge in [0.1, 0.15) is 11.9 Å². The van der Waals surface area contributed by atoms with Gasteiger partial charge in [-0.15, -0.1) is 0 Å². The van der Waals surface area contributed by atoms with Gasteiger partial charge in [-0.2, -0.15) is 0 Å². The third kappa shape index (κ3) is 3.96. The highest BCUT2D eigenvalue weighted by atomic mass is 16.5. The van der Waals surface area contributed by atoms with Crippen molar-refractivity contribution >= 4 is 11.9 Å². The minimum atomic E-state index is -0.369. The Labute approximate surface area is 143 Å². The highest BCUT2D eigenvalue weighted by Crippen LogP contribution is 2.38. The van der Waals surface area contributed by atoms with Gasteiger partial charge in [-0.1, -0.05) is 39.8 Å². The van der Waals surface area contributed by atoms with E-state index in [4.69, 9.17) is 9.47 Å². The molecular formula is C19H27NO4. The second-order valence-electron chi connectivity index (χ2n) is 6.85. The maximum atomic E-state index is 12.1. The molecular weight excluding hydrogens is 306 g/mol. The van der Waals surface area contributed by atoms with Crippen LogP contribution in [0.4, 0.5) is 0 Å². The first-order valence-corrected chi connectivity index (χ1v) is 8.56. The topological polar surface area (TPSA) is 64.6 Å². The molecule has 132 valence electrons. The van der Waals surface area contributed by atoms with E-state index in [1.807, 2.05) is 46.9 Å². The molecule has 1 aromatic rings. The molecule has 0 saturated carbocycles. The zero-order valence-corrected chi connectivity index (χ0v) is 15.1. The number of benzene rings is 1. The van der Waals surface area contributed by atoms with Crippen LogP contribution in [0.25, 0.3) is 0 Å². The molecule has 0 fully saturated rings. The molecule has 2 atom stereocenters. The Morgan fingerprint density at radius 2 is 1.79 bits per heavy atom. The van der Waals surface area contributed by atoms with Gasteiger partial charge in [-0.05, 0) is 26.0 Å². The van der Waals surface area contributed by atoms with Crippen LogP contribution in [0.1, 0.15) is 51.3 Å². The summed E-state index contributed by atoms with van der Waals surface area (Å²) in [5.41, 5.74) is 1.88. The van der Waals surface area contributed by atoms with Crippen molar-refractivity contribution in [3.05, 3.63) is 29.3 Å². The van der Waals surface area contributed by atoms with E-state index in [1.54, 1.807) is 6.07 Å². The SMILES string of the molecule is CNC1CCc2c(OC(=O)C(C)C)cccc2C1OC(=O)C(C)C. The highest BCUT2D eigenvalue weighted by Gasteiger charge is 2.34. The van der Waals surface area contributed by atoms with Crippen LogP contribution in [0, 0.1) is 11.8 Å². The molecule has 1 aromatic carbocycles. The molecule has 0 amide bonds. The quantitative estimate of drug-likeness (QED) is 0.663. The number of ether oxygens (including phenoxy) is 2. The lowest BCUT2D eigenvalue weighted by Crippen LogP contribution is -2.39. The predicted molar refractivity (Wildman–Crippen MR) is 91.8 cm³/mol. The average molecular weight is 333 g/mol. The van der Waals surface area contributed by atoms with Crippen molar-refractivity contribution in [3.63, 3.8) is 0 Å². The normalized spacial score (nSPS) is 20.0. The van der Waals surface area contributed by atoms with Gasteiger partial charge in [0.25, 0.3) is 0 Å². The monoisotopic (exact) mass is 333 g/mol. The van der Waals surface area contributed by atoms with Gasteiger partial charge >= 0.3 is 11.9 Å². The molecule has 1 aliphatic carbocycles. The maximum absolute atomic E-state index is 12.1. The fourth-order valence-electron chi connectivity index (χ4n) is 2.81. The first kappa shape index (κ1) is 18.5. The standard InChI is InChI=1S/C19H27NO4/c1-11(2)18(21)23-16-8-6-7-14-13(16)9-10-15(20-5)17(14)24-19(22)12(3)4/h6-8,11-12,15,17,20H,9-10H2,1-5H3. The lowest BCUT2D eigenvalue weighted by atomic mass is 9.85. The fraction of sp³-hybridized carbons (Fsp3) is 0.579. The molecule has 0 spiro atoms. The summed E-state index contributed by atoms with van der Waals surface area (Å²) in [5, 5.41) is 3.23. The van der Waals surface area contributed by atoms with Crippen LogP contribution < -0.4 is 10.1 Å². The van der Waals surface area contributed by atoms with Crippen molar-refractivity contribution in [2.45, 2.75) is 52.7 Å². The lowest BCUT2D eigenvalue weighted by molar-refractivity contribution is -0.155. The van der Waals surface area contributed by atoms with Crippen LogP contribution in [-0.2, 0) is 20.7 Å². The minimum Gasteiger partial charge on any atom is -0.456 e. The van der Waals surface area contributed by atoms with E-state index in [2.05, 4.69) is 5.32 Å². The first-order valence-electron chi connectivity index (χ1n) is 8.56. The van der Waals surface area contributed by atoms with E-state index in [9.17, 15) is 9.59 Å². The Balaban J connectivity index is 2.35. The number of fused-ring (bicyclic) bond motifs is 1. The van der Waals surface area contributed by atoms with Crippen molar-refractivity contribution in [3.8, 4) is 5.75 Å². The Morgan fingerprint density at radius 1 is 1.12 bits per heavy atom. The summed E-state index contributed by atoms with van der Waals surface area (Å²) in [6.07, 6.45) is 1.22. The van der Waals surface area contributed by atoms with E-state index in [1.165, 1.54) is 0 Å². The number of carbonyl (C=O) groups is 2. The molecule has 1 N–H and O–H groups in total. The van der Waals surface area contributed by atoms with Crippen LogP contribution in [0.5, 0.6) is 5.75 Å². The molecule has 1 aliphatic rings. The molecule has 0 radical (unpaired) electrons. The van der Waals surface area contributed by atoms with Crippen molar-refractivity contribution < 1.29 is 19.1 Å². The Morgan fingerprint density at radius 3 is 2.38 bits per heavy atom. The molecule has 2 rings (SSSR count). The van der Waals surface area contributed by atoms with Gasteiger partial charge < -0.3 is 14.8 Å². The zero-order chi connectivity index (χ0) is 17.9. The second-order valence-corrected chi connectivity index (χ2v) is 6.85. The summed E-state index contributed by atoms with van der Waals surface area (Å²) in [6, 6.07) is 5.65.